The fourth-order valence-electron chi connectivity index (χ4n) is 2.27. The van der Waals surface area contributed by atoms with E-state index in [1.807, 2.05) is 7.11 Å². The molecule has 0 aliphatic heterocycles. The first-order chi connectivity index (χ1) is 6.40. The third-order valence-electron chi connectivity index (χ3n) is 2.71. The van der Waals surface area contributed by atoms with Gasteiger partial charge in [0.2, 0.25) is 0 Å². The van der Waals surface area contributed by atoms with Crippen molar-refractivity contribution >= 4 is 8.32 Å². The van der Waals surface area contributed by atoms with Crippen molar-refractivity contribution in [2.24, 2.45) is 5.92 Å². The summed E-state index contributed by atoms with van der Waals surface area (Å²) in [7, 11) is 0.442. The smallest absolute Gasteiger partial charge is 0.184 e. The molecule has 0 amide bonds. The van der Waals surface area contributed by atoms with E-state index in [9.17, 15) is 0 Å². The third-order valence-corrected chi connectivity index (χ3v) is 3.75. The highest BCUT2D eigenvalue weighted by Crippen LogP contribution is 2.29. The number of hydrogen-bond donors (Lipinski definition) is 0. The van der Waals surface area contributed by atoms with E-state index in [4.69, 9.17) is 9.16 Å². The topological polar surface area (TPSA) is 18.5 Å². The number of hydrogen-bond acceptors (Lipinski definition) is 2. The van der Waals surface area contributed by atoms with Crippen molar-refractivity contribution in [3.63, 3.8) is 0 Å². The first-order valence-corrected chi connectivity index (χ1v) is 9.02. The quantitative estimate of drug-likeness (QED) is 0.675. The normalized spacial score (nSPS) is 34.5. The summed E-state index contributed by atoms with van der Waals surface area (Å²) in [6.45, 7) is 9.07. The van der Waals surface area contributed by atoms with Crippen LogP contribution in [0.2, 0.25) is 19.6 Å². The van der Waals surface area contributed by atoms with Gasteiger partial charge in [-0.2, -0.15) is 0 Å². The fraction of sp³-hybridized carbons (Fsp3) is 1.00. The summed E-state index contributed by atoms with van der Waals surface area (Å²) in [5.41, 5.74) is 0. The highest BCUT2D eigenvalue weighted by Gasteiger charge is 2.30. The lowest BCUT2D eigenvalue weighted by Gasteiger charge is -2.36. The van der Waals surface area contributed by atoms with Gasteiger partial charge in [0.25, 0.3) is 0 Å². The van der Waals surface area contributed by atoms with E-state index in [0.29, 0.717) is 12.2 Å². The van der Waals surface area contributed by atoms with Gasteiger partial charge >= 0.3 is 0 Å². The Kier molecular flexibility index (Phi) is 4.16. The molecule has 2 nitrogen and oxygen atoms in total. The molecule has 14 heavy (non-hydrogen) atoms. The average Bonchev–Trinajstić information content (AvgIpc) is 1.99. The Labute approximate surface area is 89.1 Å². The highest BCUT2D eigenvalue weighted by molar-refractivity contribution is 6.69. The van der Waals surface area contributed by atoms with Crippen LogP contribution in [0.4, 0.5) is 0 Å². The molecule has 0 aromatic heterocycles. The van der Waals surface area contributed by atoms with Gasteiger partial charge in [0.15, 0.2) is 8.32 Å². The van der Waals surface area contributed by atoms with E-state index in [1.165, 1.54) is 12.8 Å². The maximum absolute atomic E-state index is 6.14. The zero-order chi connectivity index (χ0) is 10.8. The molecule has 0 aromatic rings. The minimum atomic E-state index is -1.37. The monoisotopic (exact) mass is 216 g/mol. The van der Waals surface area contributed by atoms with E-state index >= 15 is 0 Å². The van der Waals surface area contributed by atoms with Crippen molar-refractivity contribution in [1.82, 2.24) is 0 Å². The van der Waals surface area contributed by atoms with Crippen LogP contribution in [0.3, 0.4) is 0 Å². The van der Waals surface area contributed by atoms with Crippen LogP contribution >= 0.6 is 0 Å². The lowest BCUT2D eigenvalue weighted by Crippen LogP contribution is -2.38. The second-order valence-electron chi connectivity index (χ2n) is 5.52. The van der Waals surface area contributed by atoms with Crippen LogP contribution in [0.1, 0.15) is 26.2 Å². The van der Waals surface area contributed by atoms with Crippen LogP contribution in [0, 0.1) is 5.92 Å². The Morgan fingerprint density at radius 1 is 1.00 bits per heavy atom. The molecule has 1 aliphatic carbocycles. The van der Waals surface area contributed by atoms with Crippen LogP contribution in [-0.4, -0.2) is 27.6 Å². The number of rotatable bonds is 3. The van der Waals surface area contributed by atoms with Crippen molar-refractivity contribution in [3.05, 3.63) is 0 Å². The third kappa shape index (κ3) is 4.11. The van der Waals surface area contributed by atoms with E-state index in [0.717, 1.165) is 12.3 Å². The molecule has 3 heteroatoms. The molecule has 1 fully saturated rings. The van der Waals surface area contributed by atoms with Crippen LogP contribution in [-0.2, 0) is 9.16 Å². The summed E-state index contributed by atoms with van der Waals surface area (Å²) in [6, 6.07) is 0. The first kappa shape index (κ1) is 12.2. The Balaban J connectivity index is 2.45. The Morgan fingerprint density at radius 3 is 2.07 bits per heavy atom. The maximum atomic E-state index is 6.14. The molecule has 0 radical (unpaired) electrons. The fourth-order valence-corrected chi connectivity index (χ4v) is 3.46. The predicted octanol–water partition coefficient (Wildman–Crippen LogP) is 3.04. The zero-order valence-electron chi connectivity index (χ0n) is 10.2. The Hall–Kier alpha value is 0.137. The maximum Gasteiger partial charge on any atom is 0.184 e. The molecule has 0 N–H and O–H groups in total. The van der Waals surface area contributed by atoms with Gasteiger partial charge in [0.05, 0.1) is 6.10 Å². The second-order valence-corrected chi connectivity index (χ2v) is 9.98. The van der Waals surface area contributed by atoms with E-state index < -0.39 is 8.32 Å². The van der Waals surface area contributed by atoms with Crippen LogP contribution < -0.4 is 0 Å². The summed E-state index contributed by atoms with van der Waals surface area (Å²) in [4.78, 5) is 0. The molecular formula is C11H24O2Si. The minimum absolute atomic E-state index is 0.417. The van der Waals surface area contributed by atoms with Crippen molar-refractivity contribution < 1.29 is 9.16 Å². The zero-order valence-corrected chi connectivity index (χ0v) is 11.2. The summed E-state index contributed by atoms with van der Waals surface area (Å²) < 4.78 is 11.6. The molecule has 0 bridgehead atoms. The molecule has 84 valence electrons. The van der Waals surface area contributed by atoms with Gasteiger partial charge in [-0.3, -0.25) is 0 Å². The van der Waals surface area contributed by atoms with Gasteiger partial charge in [0, 0.05) is 13.2 Å². The highest BCUT2D eigenvalue weighted by atomic mass is 28.4. The van der Waals surface area contributed by atoms with Crippen molar-refractivity contribution in [3.8, 4) is 0 Å². The summed E-state index contributed by atoms with van der Waals surface area (Å²) in [5.74, 6) is 0.745. The lowest BCUT2D eigenvalue weighted by atomic mass is 9.87. The predicted molar refractivity (Wildman–Crippen MR) is 62.0 cm³/mol. The van der Waals surface area contributed by atoms with Crippen molar-refractivity contribution in [2.75, 3.05) is 7.11 Å². The second kappa shape index (κ2) is 4.77. The van der Waals surface area contributed by atoms with Crippen LogP contribution in [0.25, 0.3) is 0 Å². The summed E-state index contributed by atoms with van der Waals surface area (Å²) in [5, 5.41) is 0. The average molecular weight is 216 g/mol. The van der Waals surface area contributed by atoms with Crippen molar-refractivity contribution in [2.45, 2.75) is 58.0 Å². The minimum Gasteiger partial charge on any atom is -0.415 e. The molecule has 1 saturated carbocycles. The van der Waals surface area contributed by atoms with E-state index in [2.05, 4.69) is 26.6 Å². The number of ether oxygens (including phenoxy) is 1. The molecular weight excluding hydrogens is 192 g/mol. The molecule has 1 rings (SSSR count). The first-order valence-electron chi connectivity index (χ1n) is 5.61. The molecule has 0 aromatic carbocycles. The lowest BCUT2D eigenvalue weighted by molar-refractivity contribution is -0.000431. The van der Waals surface area contributed by atoms with Gasteiger partial charge in [-0.15, -0.1) is 0 Å². The van der Waals surface area contributed by atoms with Crippen LogP contribution in [0.5, 0.6) is 0 Å². The number of methoxy groups -OCH3 is 1. The van der Waals surface area contributed by atoms with Gasteiger partial charge in [-0.1, -0.05) is 6.92 Å². The molecule has 0 heterocycles. The Morgan fingerprint density at radius 2 is 1.57 bits per heavy atom. The van der Waals surface area contributed by atoms with Gasteiger partial charge in [0.1, 0.15) is 0 Å². The molecule has 3 atom stereocenters. The largest absolute Gasteiger partial charge is 0.415 e. The molecule has 0 unspecified atom stereocenters. The van der Waals surface area contributed by atoms with E-state index in [-0.39, 0.29) is 0 Å². The van der Waals surface area contributed by atoms with Crippen LogP contribution in [0.15, 0.2) is 0 Å². The Bertz CT molecular complexity index is 177. The summed E-state index contributed by atoms with van der Waals surface area (Å²) >= 11 is 0. The van der Waals surface area contributed by atoms with Gasteiger partial charge in [-0.05, 0) is 44.8 Å². The van der Waals surface area contributed by atoms with E-state index in [1.54, 1.807) is 0 Å². The van der Waals surface area contributed by atoms with Gasteiger partial charge < -0.3 is 9.16 Å². The van der Waals surface area contributed by atoms with Gasteiger partial charge in [-0.25, -0.2) is 0 Å². The SMILES string of the molecule is CO[C@@H]1C[C@@H](C)C[C@@H](O[Si](C)(C)C)C1. The van der Waals surface area contributed by atoms with Crippen molar-refractivity contribution in [1.29, 1.82) is 0 Å². The molecule has 0 saturated heterocycles. The summed E-state index contributed by atoms with van der Waals surface area (Å²) in [6.07, 6.45) is 4.35. The molecule has 1 aliphatic rings. The standard InChI is InChI=1S/C11H24O2Si/c1-9-6-10(12-2)8-11(7-9)13-14(3,4)5/h9-11H,6-8H2,1-5H3/t9-,10-,11-/m1/s1. The molecule has 0 spiro atoms.